The van der Waals surface area contributed by atoms with Gasteiger partial charge in [0.05, 0.1) is 23.0 Å². The van der Waals surface area contributed by atoms with Crippen LogP contribution in [0.2, 0.25) is 0 Å². The molecule has 15 heteroatoms. The van der Waals surface area contributed by atoms with Crippen molar-refractivity contribution in [3.05, 3.63) is 124 Å². The van der Waals surface area contributed by atoms with Crippen LogP contribution in [0.1, 0.15) is 48.2 Å². The smallest absolute Gasteiger partial charge is 0.475 e. The van der Waals surface area contributed by atoms with Crippen LogP contribution in [0.5, 0.6) is 0 Å². The Bertz CT molecular complexity index is 1860. The average Bonchev–Trinajstić information content (AvgIpc) is 3.63. The van der Waals surface area contributed by atoms with Gasteiger partial charge in [0.1, 0.15) is 5.82 Å². The Morgan fingerprint density at radius 1 is 0.979 bits per heavy atom. The lowest BCUT2D eigenvalue weighted by atomic mass is 10.0. The molecule has 2 heterocycles. The quantitative estimate of drug-likeness (QED) is 0.109. The zero-order valence-corrected chi connectivity index (χ0v) is 26.1. The number of nitrogens with zero attached hydrogens (tertiary/aromatic N) is 4. The highest BCUT2D eigenvalue weighted by Gasteiger charge is 2.38. The number of carboxylic acids is 1. The Kier molecular flexibility index (Phi) is 10.9. The number of aryl methyl sites for hydroxylation is 2. The number of nitro groups is 1. The summed E-state index contributed by atoms with van der Waals surface area (Å²) in [6.45, 7) is 3.71. The zero-order valence-electron chi connectivity index (χ0n) is 26.1. The number of halogens is 3. The number of carbonyl (C=O) groups excluding carboxylic acids is 1. The molecule has 1 amide bonds. The van der Waals surface area contributed by atoms with Crippen molar-refractivity contribution in [3.63, 3.8) is 0 Å². The van der Waals surface area contributed by atoms with E-state index in [4.69, 9.17) is 15.6 Å². The van der Waals surface area contributed by atoms with E-state index in [1.165, 1.54) is 17.7 Å². The number of nitrogens with one attached hydrogen (secondary N) is 2. The summed E-state index contributed by atoms with van der Waals surface area (Å²) in [4.78, 5) is 36.2. The largest absolute Gasteiger partial charge is 0.490 e. The van der Waals surface area contributed by atoms with Crippen LogP contribution < -0.4 is 11.1 Å². The highest BCUT2D eigenvalue weighted by molar-refractivity contribution is 5.86. The number of nitro benzene ring substituents is 1. The molecule has 0 saturated heterocycles. The zero-order chi connectivity index (χ0) is 35.1. The number of nitrogens with two attached hydrogens (primary N) is 1. The van der Waals surface area contributed by atoms with Crippen molar-refractivity contribution in [2.45, 2.75) is 57.4 Å². The lowest BCUT2D eigenvalue weighted by Crippen LogP contribution is -2.50. The number of hydrogen-bond acceptors (Lipinski definition) is 7. The first-order valence-electron chi connectivity index (χ1n) is 14.8. The third-order valence-corrected chi connectivity index (χ3v) is 7.37. The van der Waals surface area contributed by atoms with Crippen molar-refractivity contribution in [1.82, 2.24) is 25.1 Å². The number of alkyl halides is 3. The van der Waals surface area contributed by atoms with Gasteiger partial charge in [-0.05, 0) is 43.0 Å². The number of benzene rings is 3. The van der Waals surface area contributed by atoms with Gasteiger partial charge >= 0.3 is 12.1 Å². The third-order valence-electron chi connectivity index (χ3n) is 7.37. The maximum atomic E-state index is 13.2. The van der Waals surface area contributed by atoms with Gasteiger partial charge in [-0.15, -0.1) is 10.2 Å². The predicted molar refractivity (Wildman–Crippen MR) is 171 cm³/mol. The summed E-state index contributed by atoms with van der Waals surface area (Å²) in [5.41, 5.74) is 9.15. The lowest BCUT2D eigenvalue weighted by molar-refractivity contribution is -0.384. The standard InChI is InChI=1S/C31H33N7O3.C2HF3O2/c1-31(2,32)30(39)34-27(18-23-19-33-26-11-7-6-10-25(23)26)29-36-35-28(17-14-21-8-4-3-5-9-21)37(29)20-22-12-15-24(16-13-22)38(40)41;3-2(4,5)1(6)7/h3-13,15-16,19,27,33H,14,17-18,20,32H2,1-2H3,(H,34,39);(H,6,7)/t27-;/m1./s1. The number of aromatic amines is 1. The number of aromatic nitrogens is 4. The minimum Gasteiger partial charge on any atom is -0.475 e. The first-order valence-corrected chi connectivity index (χ1v) is 14.8. The maximum absolute atomic E-state index is 13.2. The van der Waals surface area contributed by atoms with E-state index in [1.807, 2.05) is 53.2 Å². The molecule has 0 radical (unpaired) electrons. The molecule has 3 aromatic carbocycles. The van der Waals surface area contributed by atoms with Gasteiger partial charge in [-0.2, -0.15) is 13.2 Å². The van der Waals surface area contributed by atoms with Crippen LogP contribution in [-0.4, -0.2) is 53.4 Å². The molecule has 0 aliphatic carbocycles. The summed E-state index contributed by atoms with van der Waals surface area (Å²) in [6, 6.07) is 24.1. The van der Waals surface area contributed by atoms with Crippen LogP contribution in [0.4, 0.5) is 18.9 Å². The average molecular weight is 666 g/mol. The molecule has 0 saturated carbocycles. The number of fused-ring (bicyclic) bond motifs is 1. The van der Waals surface area contributed by atoms with Crippen molar-refractivity contribution in [1.29, 1.82) is 0 Å². The minimum absolute atomic E-state index is 0.0247. The first kappa shape index (κ1) is 35.3. The molecule has 0 spiro atoms. The number of non-ortho nitro benzene ring substituents is 1. The predicted octanol–water partition coefficient (Wildman–Crippen LogP) is 5.27. The number of hydrogen-bond donors (Lipinski definition) is 4. The first-order chi connectivity index (χ1) is 22.6. The molecule has 0 aliphatic heterocycles. The van der Waals surface area contributed by atoms with E-state index in [-0.39, 0.29) is 11.6 Å². The fourth-order valence-electron chi connectivity index (χ4n) is 4.84. The molecule has 252 valence electrons. The summed E-state index contributed by atoms with van der Waals surface area (Å²) in [5, 5.41) is 31.7. The van der Waals surface area contributed by atoms with Crippen molar-refractivity contribution < 1.29 is 32.8 Å². The second kappa shape index (κ2) is 14.9. The van der Waals surface area contributed by atoms with Crippen molar-refractivity contribution in [2.75, 3.05) is 0 Å². The molecule has 0 fully saturated rings. The third kappa shape index (κ3) is 9.25. The van der Waals surface area contributed by atoms with Crippen LogP contribution in [0, 0.1) is 10.1 Å². The molecule has 1 atom stereocenters. The van der Waals surface area contributed by atoms with Crippen LogP contribution in [0.25, 0.3) is 10.9 Å². The Morgan fingerprint density at radius 2 is 1.60 bits per heavy atom. The molecule has 0 unspecified atom stereocenters. The van der Waals surface area contributed by atoms with E-state index in [9.17, 15) is 28.1 Å². The van der Waals surface area contributed by atoms with E-state index < -0.39 is 28.6 Å². The Morgan fingerprint density at radius 3 is 2.21 bits per heavy atom. The second-order valence-electron chi connectivity index (χ2n) is 11.6. The van der Waals surface area contributed by atoms with Gasteiger partial charge in [-0.3, -0.25) is 14.9 Å². The molecule has 2 aromatic heterocycles. The summed E-state index contributed by atoms with van der Waals surface area (Å²) in [5.74, 6) is -1.72. The highest BCUT2D eigenvalue weighted by Crippen LogP contribution is 2.26. The molecule has 0 aliphatic rings. The number of amides is 1. The van der Waals surface area contributed by atoms with Crippen molar-refractivity contribution in [3.8, 4) is 0 Å². The summed E-state index contributed by atoms with van der Waals surface area (Å²) >= 11 is 0. The van der Waals surface area contributed by atoms with Crippen molar-refractivity contribution in [2.24, 2.45) is 5.73 Å². The van der Waals surface area contributed by atoms with Crippen molar-refractivity contribution >= 4 is 28.5 Å². The normalized spacial score (nSPS) is 12.2. The Hall–Kier alpha value is -5.57. The van der Waals surface area contributed by atoms with Gasteiger partial charge in [0.15, 0.2) is 5.82 Å². The summed E-state index contributed by atoms with van der Waals surface area (Å²) < 4.78 is 33.7. The fraction of sp³-hybridized carbons (Fsp3) is 0.273. The van der Waals surface area contributed by atoms with Gasteiger partial charge in [0.25, 0.3) is 5.69 Å². The molecule has 0 bridgehead atoms. The molecular formula is C33H34F3N7O5. The lowest BCUT2D eigenvalue weighted by Gasteiger charge is -2.25. The van der Waals surface area contributed by atoms with Crippen LogP contribution >= 0.6 is 0 Å². The SMILES string of the molecule is CC(C)(N)C(=O)N[C@H](Cc1c[nH]c2ccccc12)c1nnc(CCc2ccccc2)n1Cc1ccc([N+](=O)[O-])cc1.O=C(O)C(F)(F)F. The Balaban J connectivity index is 0.000000671. The van der Waals surface area contributed by atoms with E-state index in [2.05, 4.69) is 32.6 Å². The highest BCUT2D eigenvalue weighted by atomic mass is 19.4. The molecule has 5 N–H and O–H groups in total. The van der Waals surface area contributed by atoms with Gasteiger partial charge in [-0.1, -0.05) is 60.7 Å². The topological polar surface area (TPSA) is 182 Å². The number of para-hydroxylation sites is 1. The second-order valence-corrected chi connectivity index (χ2v) is 11.6. The van der Waals surface area contributed by atoms with Gasteiger partial charge in [0.2, 0.25) is 5.91 Å². The van der Waals surface area contributed by atoms with Gasteiger partial charge in [-0.25, -0.2) is 4.79 Å². The van der Waals surface area contributed by atoms with E-state index >= 15 is 0 Å². The van der Waals surface area contributed by atoms with E-state index in [1.54, 1.807) is 26.0 Å². The molecule has 5 rings (SSSR count). The monoisotopic (exact) mass is 665 g/mol. The van der Waals surface area contributed by atoms with Crippen LogP contribution in [0.3, 0.4) is 0 Å². The van der Waals surface area contributed by atoms with Gasteiger partial charge < -0.3 is 25.7 Å². The van der Waals surface area contributed by atoms with E-state index in [0.717, 1.165) is 34.3 Å². The molecule has 48 heavy (non-hydrogen) atoms. The fourth-order valence-corrected chi connectivity index (χ4v) is 4.84. The summed E-state index contributed by atoms with van der Waals surface area (Å²) in [6.07, 6.45) is -1.29. The van der Waals surface area contributed by atoms with Crippen LogP contribution in [-0.2, 0) is 35.4 Å². The number of H-pyrrole nitrogens is 1. The maximum Gasteiger partial charge on any atom is 0.490 e. The minimum atomic E-state index is -5.08. The molecular weight excluding hydrogens is 631 g/mol. The van der Waals surface area contributed by atoms with E-state index in [0.29, 0.717) is 25.2 Å². The number of carboxylic acid groups (broad SMARTS) is 1. The number of rotatable bonds is 11. The van der Waals surface area contributed by atoms with Crippen LogP contribution in [0.15, 0.2) is 85.1 Å². The summed E-state index contributed by atoms with van der Waals surface area (Å²) in [7, 11) is 0. The number of carbonyl (C=O) groups is 2. The number of aliphatic carboxylic acids is 1. The molecule has 5 aromatic rings. The Labute approximate surface area is 272 Å². The molecule has 12 nitrogen and oxygen atoms in total. The van der Waals surface area contributed by atoms with Gasteiger partial charge in [0, 0.05) is 42.1 Å².